The lowest BCUT2D eigenvalue weighted by Gasteiger charge is -2.45. The van der Waals surface area contributed by atoms with Crippen molar-refractivity contribution in [1.82, 2.24) is 4.90 Å². The number of nitrogens with zero attached hydrogens (tertiary/aromatic N) is 1. The lowest BCUT2D eigenvalue weighted by molar-refractivity contribution is -0.168. The molecule has 0 saturated carbocycles. The molecule has 2 aliphatic heterocycles. The Kier molecular flexibility index (Phi) is 6.03. The SMILES string of the molecule is COC(=O)CCC1(C(=O)OC)C(=O)CC2CCC1N2Cc1cccc(OC)c1. The molecule has 7 heteroatoms. The van der Waals surface area contributed by atoms with Crippen LogP contribution >= 0.6 is 0 Å². The fourth-order valence-electron chi connectivity index (χ4n) is 4.73. The zero-order valence-electron chi connectivity index (χ0n) is 16.6. The number of piperidine rings is 1. The van der Waals surface area contributed by atoms with E-state index in [9.17, 15) is 14.4 Å². The number of benzene rings is 1. The highest BCUT2D eigenvalue weighted by Gasteiger charge is 2.61. The van der Waals surface area contributed by atoms with Gasteiger partial charge in [-0.25, -0.2) is 0 Å². The van der Waals surface area contributed by atoms with Crippen LogP contribution in [0.3, 0.4) is 0 Å². The van der Waals surface area contributed by atoms with E-state index in [4.69, 9.17) is 14.2 Å². The fourth-order valence-corrected chi connectivity index (χ4v) is 4.73. The summed E-state index contributed by atoms with van der Waals surface area (Å²) in [6.07, 6.45) is 1.97. The van der Waals surface area contributed by atoms with Gasteiger partial charge in [0.05, 0.1) is 21.3 Å². The summed E-state index contributed by atoms with van der Waals surface area (Å²) in [5.74, 6) is -0.349. The highest BCUT2D eigenvalue weighted by atomic mass is 16.5. The second-order valence-electron chi connectivity index (χ2n) is 7.44. The van der Waals surface area contributed by atoms with Gasteiger partial charge in [-0.05, 0) is 37.0 Å². The fraction of sp³-hybridized carbons (Fsp3) is 0.571. The third-order valence-corrected chi connectivity index (χ3v) is 6.13. The number of esters is 2. The van der Waals surface area contributed by atoms with Crippen LogP contribution < -0.4 is 4.74 Å². The number of rotatable bonds is 7. The Balaban J connectivity index is 1.92. The van der Waals surface area contributed by atoms with Crippen LogP contribution in [0.1, 0.15) is 37.7 Å². The average molecular weight is 389 g/mol. The Morgan fingerprint density at radius 1 is 1.18 bits per heavy atom. The number of hydrogen-bond donors (Lipinski definition) is 0. The van der Waals surface area contributed by atoms with E-state index in [0.717, 1.165) is 24.2 Å². The summed E-state index contributed by atoms with van der Waals surface area (Å²) in [5.41, 5.74) is -0.272. The van der Waals surface area contributed by atoms with E-state index >= 15 is 0 Å². The van der Waals surface area contributed by atoms with Gasteiger partial charge in [-0.1, -0.05) is 12.1 Å². The molecule has 2 bridgehead atoms. The molecule has 2 fully saturated rings. The summed E-state index contributed by atoms with van der Waals surface area (Å²) < 4.78 is 15.1. The van der Waals surface area contributed by atoms with E-state index in [-0.39, 0.29) is 37.1 Å². The molecule has 0 aromatic heterocycles. The van der Waals surface area contributed by atoms with Crippen LogP contribution in [0, 0.1) is 5.41 Å². The molecule has 0 N–H and O–H groups in total. The van der Waals surface area contributed by atoms with Crippen molar-refractivity contribution in [3.05, 3.63) is 29.8 Å². The Morgan fingerprint density at radius 2 is 1.96 bits per heavy atom. The minimum atomic E-state index is -1.32. The number of ether oxygens (including phenoxy) is 3. The molecular formula is C21H27NO6. The number of methoxy groups -OCH3 is 3. The van der Waals surface area contributed by atoms with Crippen molar-refractivity contribution >= 4 is 17.7 Å². The Morgan fingerprint density at radius 3 is 2.64 bits per heavy atom. The summed E-state index contributed by atoms with van der Waals surface area (Å²) in [4.78, 5) is 39.9. The van der Waals surface area contributed by atoms with E-state index in [1.165, 1.54) is 14.2 Å². The molecule has 1 aromatic carbocycles. The number of carbonyl (C=O) groups is 3. The molecule has 0 aliphatic carbocycles. The summed E-state index contributed by atoms with van der Waals surface area (Å²) in [5, 5.41) is 0. The first-order valence-electron chi connectivity index (χ1n) is 9.53. The quantitative estimate of drug-likeness (QED) is 0.522. The second-order valence-corrected chi connectivity index (χ2v) is 7.44. The van der Waals surface area contributed by atoms with Gasteiger partial charge in [-0.15, -0.1) is 0 Å². The van der Waals surface area contributed by atoms with Crippen molar-refractivity contribution in [2.75, 3.05) is 21.3 Å². The molecule has 2 saturated heterocycles. The minimum absolute atomic E-state index is 0.00546. The molecule has 2 aliphatic rings. The van der Waals surface area contributed by atoms with Crippen LogP contribution in [0.4, 0.5) is 0 Å². The van der Waals surface area contributed by atoms with Gasteiger partial charge in [0.1, 0.15) is 11.2 Å². The topological polar surface area (TPSA) is 82.1 Å². The second kappa shape index (κ2) is 8.31. The molecule has 0 radical (unpaired) electrons. The van der Waals surface area contributed by atoms with Gasteiger partial charge in [0.15, 0.2) is 5.78 Å². The monoisotopic (exact) mass is 389 g/mol. The van der Waals surface area contributed by atoms with E-state index in [1.54, 1.807) is 7.11 Å². The maximum atomic E-state index is 13.1. The van der Waals surface area contributed by atoms with E-state index in [0.29, 0.717) is 6.54 Å². The van der Waals surface area contributed by atoms with Gasteiger partial charge in [-0.2, -0.15) is 0 Å². The molecule has 28 heavy (non-hydrogen) atoms. The molecule has 0 amide bonds. The van der Waals surface area contributed by atoms with Crippen LogP contribution in [-0.4, -0.2) is 56.0 Å². The summed E-state index contributed by atoms with van der Waals surface area (Å²) >= 11 is 0. The van der Waals surface area contributed by atoms with Crippen LogP contribution in [0.25, 0.3) is 0 Å². The van der Waals surface area contributed by atoms with Gasteiger partial charge in [0.25, 0.3) is 0 Å². The third-order valence-electron chi connectivity index (χ3n) is 6.13. The Hall–Kier alpha value is -2.41. The molecule has 152 valence electrons. The third kappa shape index (κ3) is 3.51. The van der Waals surface area contributed by atoms with Gasteiger partial charge in [-0.3, -0.25) is 19.3 Å². The van der Waals surface area contributed by atoms with Gasteiger partial charge < -0.3 is 14.2 Å². The number of ketones is 1. The van der Waals surface area contributed by atoms with Crippen molar-refractivity contribution < 1.29 is 28.6 Å². The largest absolute Gasteiger partial charge is 0.497 e. The Labute approximate surface area is 164 Å². The molecular weight excluding hydrogens is 362 g/mol. The zero-order chi connectivity index (χ0) is 20.3. The van der Waals surface area contributed by atoms with E-state index < -0.39 is 17.4 Å². The van der Waals surface area contributed by atoms with Crippen molar-refractivity contribution in [2.24, 2.45) is 5.41 Å². The molecule has 3 atom stereocenters. The first kappa shape index (κ1) is 20.3. The number of Topliss-reactive ketones (excluding diaryl/α,β-unsaturated/α-hetero) is 1. The predicted octanol–water partition coefficient (Wildman–Crippen LogP) is 2.11. The molecule has 3 rings (SSSR count). The lowest BCUT2D eigenvalue weighted by atomic mass is 9.69. The lowest BCUT2D eigenvalue weighted by Crippen LogP contribution is -2.60. The van der Waals surface area contributed by atoms with Crippen molar-refractivity contribution in [3.63, 3.8) is 0 Å². The summed E-state index contributed by atoms with van der Waals surface area (Å²) in [7, 11) is 4.22. The first-order valence-corrected chi connectivity index (χ1v) is 9.53. The van der Waals surface area contributed by atoms with Crippen molar-refractivity contribution in [2.45, 2.75) is 50.7 Å². The molecule has 3 unspecified atom stereocenters. The summed E-state index contributed by atoms with van der Waals surface area (Å²) in [6, 6.07) is 7.58. The van der Waals surface area contributed by atoms with Crippen LogP contribution in [0.2, 0.25) is 0 Å². The van der Waals surface area contributed by atoms with Gasteiger partial charge >= 0.3 is 11.9 Å². The van der Waals surface area contributed by atoms with Gasteiger partial charge in [0.2, 0.25) is 0 Å². The highest BCUT2D eigenvalue weighted by Crippen LogP contribution is 2.48. The minimum Gasteiger partial charge on any atom is -0.497 e. The van der Waals surface area contributed by atoms with Crippen molar-refractivity contribution in [1.29, 1.82) is 0 Å². The Bertz CT molecular complexity index is 763. The van der Waals surface area contributed by atoms with E-state index in [2.05, 4.69) is 4.90 Å². The molecule has 7 nitrogen and oxygen atoms in total. The first-order chi connectivity index (χ1) is 13.5. The van der Waals surface area contributed by atoms with Crippen LogP contribution in [0.5, 0.6) is 5.75 Å². The smallest absolute Gasteiger partial charge is 0.320 e. The number of hydrogen-bond acceptors (Lipinski definition) is 7. The highest BCUT2D eigenvalue weighted by molar-refractivity contribution is 6.06. The van der Waals surface area contributed by atoms with Crippen molar-refractivity contribution in [3.8, 4) is 5.75 Å². The zero-order valence-corrected chi connectivity index (χ0v) is 16.6. The number of fused-ring (bicyclic) bond motifs is 2. The van der Waals surface area contributed by atoms with Gasteiger partial charge in [0, 0.05) is 31.5 Å². The standard InChI is InChI=1S/C21H27NO6/c1-26-16-6-4-5-14(11-16)13-22-15-7-8-17(22)21(18(23)12-15,20(25)28-3)10-9-19(24)27-2/h4-6,11,15,17H,7-10,12-13H2,1-3H3. The maximum Gasteiger partial charge on any atom is 0.320 e. The normalized spacial score (nSPS) is 26.8. The van der Waals surface area contributed by atoms with E-state index in [1.807, 2.05) is 24.3 Å². The molecule has 0 spiro atoms. The maximum absolute atomic E-state index is 13.1. The molecule has 1 aromatic rings. The summed E-state index contributed by atoms with van der Waals surface area (Å²) in [6.45, 7) is 0.608. The molecule has 2 heterocycles. The van der Waals surface area contributed by atoms with Crippen LogP contribution in [-0.2, 0) is 30.4 Å². The van der Waals surface area contributed by atoms with Crippen LogP contribution in [0.15, 0.2) is 24.3 Å². The number of carbonyl (C=O) groups excluding carboxylic acids is 3. The predicted molar refractivity (Wildman–Crippen MR) is 101 cm³/mol. The average Bonchev–Trinajstić information content (AvgIpc) is 3.02.